The Labute approximate surface area is 97.2 Å². The molecule has 0 radical (unpaired) electrons. The molecule has 1 aromatic carbocycles. The molecule has 0 fully saturated rings. The largest absolute Gasteiger partial charge is 0.508 e. The van der Waals surface area contributed by atoms with Crippen molar-refractivity contribution in [3.8, 4) is 5.75 Å². The summed E-state index contributed by atoms with van der Waals surface area (Å²) in [5.41, 5.74) is 0.489. The van der Waals surface area contributed by atoms with Crippen molar-refractivity contribution < 1.29 is 14.4 Å². The standard InChI is InChI=1S/C11H11N3O3/c1-7-5-10(14-17-7)13-11(16)12-8-3-2-4-9(15)6-8/h2-6,15H,1H3,(H2,12,13,14,16). The summed E-state index contributed by atoms with van der Waals surface area (Å²) in [5, 5.41) is 17.9. The topological polar surface area (TPSA) is 87.4 Å². The van der Waals surface area contributed by atoms with Crippen LogP contribution in [-0.2, 0) is 0 Å². The van der Waals surface area contributed by atoms with Gasteiger partial charge in [-0.25, -0.2) is 4.79 Å². The highest BCUT2D eigenvalue weighted by molar-refractivity contribution is 5.99. The summed E-state index contributed by atoms with van der Waals surface area (Å²) < 4.78 is 4.80. The lowest BCUT2D eigenvalue weighted by Gasteiger charge is -2.04. The molecule has 0 saturated heterocycles. The number of nitrogens with zero attached hydrogens (tertiary/aromatic N) is 1. The Morgan fingerprint density at radius 3 is 2.82 bits per heavy atom. The number of aromatic nitrogens is 1. The molecule has 3 N–H and O–H groups in total. The van der Waals surface area contributed by atoms with Crippen molar-refractivity contribution in [1.29, 1.82) is 0 Å². The highest BCUT2D eigenvalue weighted by Crippen LogP contribution is 2.15. The third-order valence-electron chi connectivity index (χ3n) is 1.97. The van der Waals surface area contributed by atoms with Crippen molar-refractivity contribution in [1.82, 2.24) is 5.16 Å². The molecule has 0 saturated carbocycles. The number of nitrogens with one attached hydrogen (secondary N) is 2. The van der Waals surface area contributed by atoms with E-state index in [0.29, 0.717) is 17.3 Å². The zero-order valence-corrected chi connectivity index (χ0v) is 9.10. The molecule has 0 atom stereocenters. The van der Waals surface area contributed by atoms with Gasteiger partial charge in [-0.15, -0.1) is 0 Å². The Morgan fingerprint density at radius 2 is 2.18 bits per heavy atom. The van der Waals surface area contributed by atoms with E-state index in [1.807, 2.05) is 0 Å². The van der Waals surface area contributed by atoms with Crippen molar-refractivity contribution in [2.75, 3.05) is 10.6 Å². The summed E-state index contributed by atoms with van der Waals surface area (Å²) in [5.74, 6) is 1.03. The lowest BCUT2D eigenvalue weighted by atomic mass is 10.3. The fraction of sp³-hybridized carbons (Fsp3) is 0.0909. The number of aromatic hydroxyl groups is 1. The number of benzene rings is 1. The zero-order chi connectivity index (χ0) is 12.3. The number of urea groups is 1. The Bertz CT molecular complexity index is 536. The van der Waals surface area contributed by atoms with E-state index in [-0.39, 0.29) is 5.75 Å². The first-order chi connectivity index (χ1) is 8.13. The summed E-state index contributed by atoms with van der Waals surface area (Å²) in [6, 6.07) is 7.39. The number of hydrogen-bond donors (Lipinski definition) is 3. The van der Waals surface area contributed by atoms with Crippen LogP contribution in [-0.4, -0.2) is 16.3 Å². The van der Waals surface area contributed by atoms with Gasteiger partial charge in [0.2, 0.25) is 0 Å². The first kappa shape index (κ1) is 11.0. The van der Waals surface area contributed by atoms with Crippen LogP contribution in [0.15, 0.2) is 34.9 Å². The van der Waals surface area contributed by atoms with Crippen LogP contribution in [0, 0.1) is 6.92 Å². The lowest BCUT2D eigenvalue weighted by molar-refractivity contribution is 0.262. The number of hydrogen-bond acceptors (Lipinski definition) is 4. The van der Waals surface area contributed by atoms with Gasteiger partial charge in [0.1, 0.15) is 11.5 Å². The summed E-state index contributed by atoms with van der Waals surface area (Å²) in [4.78, 5) is 11.5. The van der Waals surface area contributed by atoms with E-state index in [4.69, 9.17) is 4.52 Å². The third kappa shape index (κ3) is 2.97. The Morgan fingerprint density at radius 1 is 1.35 bits per heavy atom. The van der Waals surface area contributed by atoms with E-state index < -0.39 is 6.03 Å². The van der Waals surface area contributed by atoms with Gasteiger partial charge in [0.15, 0.2) is 5.82 Å². The van der Waals surface area contributed by atoms with E-state index in [1.54, 1.807) is 25.1 Å². The second-order valence-corrected chi connectivity index (χ2v) is 3.45. The predicted molar refractivity (Wildman–Crippen MR) is 62.0 cm³/mol. The molecule has 2 rings (SSSR count). The minimum absolute atomic E-state index is 0.0834. The maximum absolute atomic E-state index is 11.5. The smallest absolute Gasteiger partial charge is 0.324 e. The molecule has 0 bridgehead atoms. The van der Waals surface area contributed by atoms with Crippen LogP contribution in [0.5, 0.6) is 5.75 Å². The number of aryl methyl sites for hydroxylation is 1. The highest BCUT2D eigenvalue weighted by Gasteiger charge is 2.06. The Balaban J connectivity index is 1.98. The summed E-state index contributed by atoms with van der Waals surface area (Å²) in [6.07, 6.45) is 0. The van der Waals surface area contributed by atoms with Gasteiger partial charge in [-0.1, -0.05) is 11.2 Å². The fourth-order valence-electron chi connectivity index (χ4n) is 1.29. The van der Waals surface area contributed by atoms with Crippen LogP contribution in [0.4, 0.5) is 16.3 Å². The fourth-order valence-corrected chi connectivity index (χ4v) is 1.29. The zero-order valence-electron chi connectivity index (χ0n) is 9.10. The molecule has 0 unspecified atom stereocenters. The number of carbonyl (C=O) groups excluding carboxylic acids is 1. The van der Waals surface area contributed by atoms with Crippen LogP contribution in [0.1, 0.15) is 5.76 Å². The molecule has 88 valence electrons. The Hall–Kier alpha value is -2.50. The van der Waals surface area contributed by atoms with E-state index in [9.17, 15) is 9.90 Å². The van der Waals surface area contributed by atoms with E-state index >= 15 is 0 Å². The molecule has 0 aliphatic heterocycles. The monoisotopic (exact) mass is 233 g/mol. The van der Waals surface area contributed by atoms with Gasteiger partial charge in [-0.3, -0.25) is 5.32 Å². The van der Waals surface area contributed by atoms with E-state index in [2.05, 4.69) is 15.8 Å². The predicted octanol–water partition coefficient (Wildman–Crippen LogP) is 2.33. The van der Waals surface area contributed by atoms with Crippen molar-refractivity contribution in [2.45, 2.75) is 6.92 Å². The molecule has 0 aliphatic carbocycles. The van der Waals surface area contributed by atoms with Crippen LogP contribution in [0.25, 0.3) is 0 Å². The van der Waals surface area contributed by atoms with Gasteiger partial charge in [0, 0.05) is 17.8 Å². The lowest BCUT2D eigenvalue weighted by Crippen LogP contribution is -2.19. The van der Waals surface area contributed by atoms with Crippen molar-refractivity contribution in [2.24, 2.45) is 0 Å². The van der Waals surface area contributed by atoms with Crippen LogP contribution < -0.4 is 10.6 Å². The average Bonchev–Trinajstić information content (AvgIpc) is 2.63. The summed E-state index contributed by atoms with van der Waals surface area (Å²) in [7, 11) is 0. The minimum Gasteiger partial charge on any atom is -0.508 e. The number of anilines is 2. The van der Waals surface area contributed by atoms with Gasteiger partial charge in [-0.2, -0.15) is 0 Å². The maximum atomic E-state index is 11.5. The first-order valence-electron chi connectivity index (χ1n) is 4.94. The molecule has 0 spiro atoms. The maximum Gasteiger partial charge on any atom is 0.324 e. The molecule has 6 nitrogen and oxygen atoms in total. The molecule has 2 amide bonds. The molecule has 17 heavy (non-hydrogen) atoms. The molecular formula is C11H11N3O3. The summed E-state index contributed by atoms with van der Waals surface area (Å²) in [6.45, 7) is 1.73. The van der Waals surface area contributed by atoms with Crippen molar-refractivity contribution in [3.63, 3.8) is 0 Å². The molecule has 1 aromatic heterocycles. The molecule has 0 aliphatic rings. The molecule has 1 heterocycles. The van der Waals surface area contributed by atoms with Crippen molar-refractivity contribution >= 4 is 17.5 Å². The summed E-state index contributed by atoms with van der Waals surface area (Å²) >= 11 is 0. The Kier molecular flexibility index (Phi) is 2.95. The van der Waals surface area contributed by atoms with Gasteiger partial charge < -0.3 is 14.9 Å². The number of amides is 2. The van der Waals surface area contributed by atoms with Crippen LogP contribution in [0.2, 0.25) is 0 Å². The van der Waals surface area contributed by atoms with E-state index in [1.165, 1.54) is 12.1 Å². The van der Waals surface area contributed by atoms with Gasteiger partial charge >= 0.3 is 6.03 Å². The van der Waals surface area contributed by atoms with Crippen molar-refractivity contribution in [3.05, 3.63) is 36.1 Å². The first-order valence-corrected chi connectivity index (χ1v) is 4.94. The highest BCUT2D eigenvalue weighted by atomic mass is 16.5. The van der Waals surface area contributed by atoms with Gasteiger partial charge in [-0.05, 0) is 19.1 Å². The average molecular weight is 233 g/mol. The number of carbonyl (C=O) groups is 1. The molecule has 2 aromatic rings. The number of rotatable bonds is 2. The minimum atomic E-state index is -0.455. The third-order valence-corrected chi connectivity index (χ3v) is 1.97. The van der Waals surface area contributed by atoms with Gasteiger partial charge in [0.05, 0.1) is 0 Å². The normalized spacial score (nSPS) is 9.94. The number of phenols is 1. The second kappa shape index (κ2) is 4.56. The quantitative estimate of drug-likeness (QED) is 0.742. The second-order valence-electron chi connectivity index (χ2n) is 3.45. The van der Waals surface area contributed by atoms with Crippen LogP contribution >= 0.6 is 0 Å². The van der Waals surface area contributed by atoms with E-state index in [0.717, 1.165) is 0 Å². The van der Waals surface area contributed by atoms with Crippen LogP contribution in [0.3, 0.4) is 0 Å². The molecular weight excluding hydrogens is 222 g/mol. The molecule has 6 heteroatoms. The van der Waals surface area contributed by atoms with Gasteiger partial charge in [0.25, 0.3) is 0 Å². The number of phenolic OH excluding ortho intramolecular Hbond substituents is 1. The SMILES string of the molecule is Cc1cc(NC(=O)Nc2cccc(O)c2)no1.